The Morgan fingerprint density at radius 3 is 1.41 bits per heavy atom. The smallest absolute Gasteiger partial charge is 0.220 e. The van der Waals surface area contributed by atoms with Crippen LogP contribution in [0.3, 0.4) is 0 Å². The second kappa shape index (κ2) is 38.5. The van der Waals surface area contributed by atoms with Crippen molar-refractivity contribution in [1.29, 1.82) is 0 Å². The van der Waals surface area contributed by atoms with Gasteiger partial charge in [-0.2, -0.15) is 0 Å². The molecule has 19 nitrogen and oxygen atoms in total. The molecule has 19 heteroatoms. The highest BCUT2D eigenvalue weighted by atomic mass is 16.8. The van der Waals surface area contributed by atoms with Crippen LogP contribution >= 0.6 is 0 Å². The van der Waals surface area contributed by atoms with Crippen molar-refractivity contribution < 1.29 is 89.4 Å². The second-order valence-corrected chi connectivity index (χ2v) is 20.0. The number of carbonyl (C=O) groups excluding carboxylic acids is 1. The molecule has 3 fully saturated rings. The molecule has 17 unspecified atom stereocenters. The van der Waals surface area contributed by atoms with E-state index in [1.807, 2.05) is 6.08 Å². The minimum atomic E-state index is -1.98. The number of nitrogens with one attached hydrogen (secondary N) is 1. The zero-order valence-corrected chi connectivity index (χ0v) is 43.9. The van der Waals surface area contributed by atoms with Gasteiger partial charge in [-0.25, -0.2) is 0 Å². The van der Waals surface area contributed by atoms with Crippen LogP contribution in [0, 0.1) is 0 Å². The third-order valence-electron chi connectivity index (χ3n) is 13.9. The predicted molar refractivity (Wildman–Crippen MR) is 272 cm³/mol. The van der Waals surface area contributed by atoms with Gasteiger partial charge in [0.15, 0.2) is 18.9 Å². The first kappa shape index (κ1) is 65.3. The summed E-state index contributed by atoms with van der Waals surface area (Å²) in [7, 11) is 0. The van der Waals surface area contributed by atoms with Gasteiger partial charge in [0.2, 0.25) is 5.91 Å². The molecule has 0 aromatic carbocycles. The molecule has 1 amide bonds. The van der Waals surface area contributed by atoms with Crippen molar-refractivity contribution in [3.63, 3.8) is 0 Å². The van der Waals surface area contributed by atoms with Crippen LogP contribution < -0.4 is 5.32 Å². The van der Waals surface area contributed by atoms with Crippen LogP contribution in [0.1, 0.15) is 168 Å². The van der Waals surface area contributed by atoms with E-state index in [9.17, 15) is 61.0 Å². The molecule has 12 N–H and O–H groups in total. The lowest BCUT2D eigenvalue weighted by Gasteiger charge is -2.48. The Balaban J connectivity index is 1.52. The molecule has 0 aliphatic carbocycles. The predicted octanol–water partition coefficient (Wildman–Crippen LogP) is 3.37. The topological polar surface area (TPSA) is 307 Å². The first-order valence-corrected chi connectivity index (χ1v) is 27.7. The van der Waals surface area contributed by atoms with Crippen molar-refractivity contribution in [3.8, 4) is 0 Å². The summed E-state index contributed by atoms with van der Waals surface area (Å²) in [6.07, 6.45) is 11.4. The van der Waals surface area contributed by atoms with Crippen LogP contribution in [0.2, 0.25) is 0 Å². The summed E-state index contributed by atoms with van der Waals surface area (Å²) in [5, 5.41) is 120. The Bertz CT molecular complexity index is 1490. The van der Waals surface area contributed by atoms with Gasteiger partial charge in [0, 0.05) is 6.42 Å². The molecule has 0 saturated carbocycles. The summed E-state index contributed by atoms with van der Waals surface area (Å²) in [6.45, 7) is 1.64. The minimum Gasteiger partial charge on any atom is -0.394 e. The molecular weight excluding hydrogens is 951 g/mol. The number of aliphatic hydroxyl groups is 11. The first-order valence-electron chi connectivity index (χ1n) is 27.7. The number of allylic oxidation sites excluding steroid dienone is 5. The van der Waals surface area contributed by atoms with Crippen molar-refractivity contribution in [1.82, 2.24) is 5.32 Å². The summed E-state index contributed by atoms with van der Waals surface area (Å²) < 4.78 is 34.1. The van der Waals surface area contributed by atoms with Crippen molar-refractivity contribution in [3.05, 3.63) is 36.5 Å². The minimum absolute atomic E-state index is 0.234. The van der Waals surface area contributed by atoms with Gasteiger partial charge in [0.05, 0.1) is 38.6 Å². The maximum absolute atomic E-state index is 13.2. The SMILES string of the molecule is CCCCCC/C=C\C/C=C\CCCCCCCCCC(=O)NC(COC1OC(CO)C(OC2OC(CO)C(OC3OC(CO)C(O)C(O)C3O)C(O)C2O)C(O)C1O)C(O)/C=C/CCCCCCCCCC. The maximum Gasteiger partial charge on any atom is 0.220 e. The van der Waals surface area contributed by atoms with E-state index in [1.165, 1.54) is 57.8 Å². The van der Waals surface area contributed by atoms with Gasteiger partial charge in [0.25, 0.3) is 0 Å². The Morgan fingerprint density at radius 2 is 0.904 bits per heavy atom. The molecule has 3 aliphatic heterocycles. The summed E-state index contributed by atoms with van der Waals surface area (Å²) in [6, 6.07) is -0.974. The Morgan fingerprint density at radius 1 is 0.493 bits per heavy atom. The third kappa shape index (κ3) is 23.7. The number of aliphatic hydroxyl groups excluding tert-OH is 11. The highest BCUT2D eigenvalue weighted by Crippen LogP contribution is 2.33. The van der Waals surface area contributed by atoms with Crippen LogP contribution in [-0.4, -0.2) is 193 Å². The third-order valence-corrected chi connectivity index (χ3v) is 13.9. The Labute approximate surface area is 434 Å². The van der Waals surface area contributed by atoms with Crippen molar-refractivity contribution >= 4 is 5.91 Å². The summed E-state index contributed by atoms with van der Waals surface area (Å²) >= 11 is 0. The molecule has 0 aromatic rings. The van der Waals surface area contributed by atoms with Crippen molar-refractivity contribution in [2.75, 3.05) is 26.4 Å². The van der Waals surface area contributed by atoms with E-state index in [0.29, 0.717) is 6.42 Å². The average Bonchev–Trinajstić information content (AvgIpc) is 3.39. The van der Waals surface area contributed by atoms with Gasteiger partial charge in [-0.1, -0.05) is 147 Å². The normalized spacial score (nSPS) is 32.0. The molecule has 3 rings (SSSR count). The zero-order valence-electron chi connectivity index (χ0n) is 43.9. The Kier molecular flexibility index (Phi) is 34.5. The highest BCUT2D eigenvalue weighted by molar-refractivity contribution is 5.76. The summed E-state index contributed by atoms with van der Waals surface area (Å²) in [5.74, 6) is -0.288. The molecule has 0 radical (unpaired) electrons. The molecule has 73 heavy (non-hydrogen) atoms. The van der Waals surface area contributed by atoms with Gasteiger partial charge >= 0.3 is 0 Å². The summed E-state index contributed by atoms with van der Waals surface area (Å²) in [4.78, 5) is 13.2. The fourth-order valence-electron chi connectivity index (χ4n) is 9.28. The first-order chi connectivity index (χ1) is 35.3. The van der Waals surface area contributed by atoms with E-state index in [-0.39, 0.29) is 18.9 Å². The number of hydrogen-bond acceptors (Lipinski definition) is 18. The quantitative estimate of drug-likeness (QED) is 0.0310. The largest absolute Gasteiger partial charge is 0.394 e. The van der Waals surface area contributed by atoms with Crippen LogP contribution in [-0.2, 0) is 33.2 Å². The van der Waals surface area contributed by atoms with E-state index in [2.05, 4.69) is 43.5 Å². The molecule has 426 valence electrons. The van der Waals surface area contributed by atoms with E-state index >= 15 is 0 Å². The van der Waals surface area contributed by atoms with Gasteiger partial charge in [-0.15, -0.1) is 0 Å². The van der Waals surface area contributed by atoms with Crippen LogP contribution in [0.4, 0.5) is 0 Å². The van der Waals surface area contributed by atoms with Crippen molar-refractivity contribution in [2.24, 2.45) is 0 Å². The lowest BCUT2D eigenvalue weighted by Crippen LogP contribution is -2.66. The van der Waals surface area contributed by atoms with Gasteiger partial charge in [0.1, 0.15) is 73.2 Å². The molecule has 3 heterocycles. The number of rotatable bonds is 39. The van der Waals surface area contributed by atoms with Gasteiger partial charge < -0.3 is 89.9 Å². The number of carbonyl (C=O) groups is 1. The van der Waals surface area contributed by atoms with Crippen LogP contribution in [0.15, 0.2) is 36.5 Å². The lowest BCUT2D eigenvalue weighted by molar-refractivity contribution is -0.379. The standard InChI is InChI=1S/C54H97NO18/c1-3-5-7-9-11-13-15-16-17-18-19-20-21-22-24-26-28-30-32-42(60)55-37(38(59)31-29-27-25-23-14-12-10-8-6-4-2)36-68-52-48(66)45(63)50(40(34-57)70-52)73-54-49(67)46(64)51(41(35-58)71-54)72-53-47(65)44(62)43(61)39(33-56)69-53/h13,15,17-18,29,31,37-41,43-54,56-59,61-67H,3-12,14,16,19-28,30,32-36H2,1-2H3,(H,55,60)/b15-13-,18-17-,31-29+. The number of hydrogen-bond donors (Lipinski definition) is 12. The van der Waals surface area contributed by atoms with E-state index in [0.717, 1.165) is 83.5 Å². The van der Waals surface area contributed by atoms with Gasteiger partial charge in [-0.3, -0.25) is 4.79 Å². The number of ether oxygens (including phenoxy) is 6. The van der Waals surface area contributed by atoms with Crippen LogP contribution in [0.5, 0.6) is 0 Å². The van der Waals surface area contributed by atoms with Crippen LogP contribution in [0.25, 0.3) is 0 Å². The van der Waals surface area contributed by atoms with E-state index in [4.69, 9.17) is 28.4 Å². The molecule has 3 aliphatic rings. The molecule has 17 atom stereocenters. The Hall–Kier alpha value is -1.99. The summed E-state index contributed by atoms with van der Waals surface area (Å²) in [5.41, 5.74) is 0. The molecular formula is C54H97NO18. The molecule has 3 saturated heterocycles. The van der Waals surface area contributed by atoms with Crippen molar-refractivity contribution in [2.45, 2.75) is 272 Å². The second-order valence-electron chi connectivity index (χ2n) is 20.0. The van der Waals surface area contributed by atoms with Gasteiger partial charge in [-0.05, 0) is 51.4 Å². The lowest BCUT2D eigenvalue weighted by atomic mass is 9.96. The maximum atomic E-state index is 13.2. The van der Waals surface area contributed by atoms with E-state index < -0.39 is 124 Å². The monoisotopic (exact) mass is 1050 g/mol. The zero-order chi connectivity index (χ0) is 53.4. The molecule has 0 aromatic heterocycles. The number of amides is 1. The average molecular weight is 1050 g/mol. The molecule has 0 bridgehead atoms. The number of unbranched alkanes of at least 4 members (excludes halogenated alkanes) is 19. The fraction of sp³-hybridized carbons (Fsp3) is 0.870. The van der Waals surface area contributed by atoms with E-state index in [1.54, 1.807) is 6.08 Å². The fourth-order valence-corrected chi connectivity index (χ4v) is 9.28. The molecule has 0 spiro atoms. The highest BCUT2D eigenvalue weighted by Gasteiger charge is 2.53.